The minimum absolute atomic E-state index is 0.0975. The highest BCUT2D eigenvalue weighted by Gasteiger charge is 2.13. The lowest BCUT2D eigenvalue weighted by Gasteiger charge is -2.13. The van der Waals surface area contributed by atoms with Gasteiger partial charge in [-0.25, -0.2) is 0 Å². The van der Waals surface area contributed by atoms with Crippen molar-refractivity contribution in [3.63, 3.8) is 0 Å². The topological polar surface area (TPSA) is 79.5 Å². The van der Waals surface area contributed by atoms with Crippen molar-refractivity contribution < 1.29 is 14.3 Å². The molecular weight excluding hydrogens is 374 g/mol. The number of benzene rings is 2. The molecule has 0 aliphatic heterocycles. The van der Waals surface area contributed by atoms with Crippen LogP contribution in [0.25, 0.3) is 0 Å². The first-order valence-corrected chi connectivity index (χ1v) is 9.29. The van der Waals surface area contributed by atoms with Gasteiger partial charge >= 0.3 is 0 Å². The average Bonchev–Trinajstić information content (AvgIpc) is 2.71. The fourth-order valence-electron chi connectivity index (χ4n) is 2.30. The van der Waals surface area contributed by atoms with E-state index in [0.29, 0.717) is 35.7 Å². The fourth-order valence-corrected chi connectivity index (χ4v) is 2.50. The zero-order valence-corrected chi connectivity index (χ0v) is 16.5. The Morgan fingerprint density at radius 1 is 1.11 bits per heavy atom. The maximum Gasteiger partial charge on any atom is 0.257 e. The molecule has 3 N–H and O–H groups in total. The van der Waals surface area contributed by atoms with E-state index >= 15 is 0 Å². The summed E-state index contributed by atoms with van der Waals surface area (Å²) in [5.74, 6) is 0.0893. The summed E-state index contributed by atoms with van der Waals surface area (Å²) in [6.07, 6.45) is 2.51. The Bertz CT molecular complexity index is 850. The Kier molecular flexibility index (Phi) is 8.17. The van der Waals surface area contributed by atoms with E-state index in [1.807, 2.05) is 6.92 Å². The lowest BCUT2D eigenvalue weighted by atomic mass is 10.1. The molecule has 0 radical (unpaired) electrons. The first-order valence-electron chi connectivity index (χ1n) is 8.88. The zero-order chi connectivity index (χ0) is 20.4. The van der Waals surface area contributed by atoms with Crippen molar-refractivity contribution in [1.29, 1.82) is 0 Å². The molecular formula is C21H23N3O3S. The van der Waals surface area contributed by atoms with E-state index in [4.69, 9.17) is 17.0 Å². The molecule has 0 aliphatic carbocycles. The third-order valence-electron chi connectivity index (χ3n) is 3.64. The van der Waals surface area contributed by atoms with Gasteiger partial charge in [0.15, 0.2) is 5.11 Å². The second-order valence-corrected chi connectivity index (χ2v) is 6.23. The van der Waals surface area contributed by atoms with Crippen molar-refractivity contribution in [3.05, 3.63) is 72.3 Å². The number of thiocarbonyl (C=S) groups is 1. The van der Waals surface area contributed by atoms with Crippen LogP contribution in [0.15, 0.2) is 61.2 Å². The number of carbonyl (C=O) groups excluding carboxylic acids is 2. The van der Waals surface area contributed by atoms with Crippen molar-refractivity contribution >= 4 is 34.8 Å². The maximum atomic E-state index is 12.4. The summed E-state index contributed by atoms with van der Waals surface area (Å²) >= 11 is 5.21. The number of ether oxygens (including phenoxy) is 1. The third-order valence-corrected chi connectivity index (χ3v) is 3.85. The molecule has 6 nitrogen and oxygen atoms in total. The number of amides is 2. The molecule has 28 heavy (non-hydrogen) atoms. The Labute approximate surface area is 170 Å². The number of anilines is 1. The van der Waals surface area contributed by atoms with Gasteiger partial charge in [0.2, 0.25) is 0 Å². The number of para-hydroxylation sites is 1. The van der Waals surface area contributed by atoms with E-state index in [1.54, 1.807) is 54.6 Å². The first kappa shape index (κ1) is 21.1. The molecule has 0 atom stereocenters. The van der Waals surface area contributed by atoms with Crippen LogP contribution in [0.3, 0.4) is 0 Å². The fraction of sp³-hybridized carbons (Fsp3) is 0.190. The molecule has 0 aliphatic rings. The van der Waals surface area contributed by atoms with Gasteiger partial charge < -0.3 is 15.4 Å². The lowest BCUT2D eigenvalue weighted by Crippen LogP contribution is -2.35. The van der Waals surface area contributed by atoms with Crippen molar-refractivity contribution in [2.45, 2.75) is 13.3 Å². The highest BCUT2D eigenvalue weighted by Crippen LogP contribution is 2.15. The molecule has 2 rings (SSSR count). The van der Waals surface area contributed by atoms with Gasteiger partial charge in [0.05, 0.1) is 17.9 Å². The number of hydrogen-bond acceptors (Lipinski definition) is 4. The molecule has 0 bridgehead atoms. The van der Waals surface area contributed by atoms with Crippen LogP contribution in [0.4, 0.5) is 5.69 Å². The predicted molar refractivity (Wildman–Crippen MR) is 115 cm³/mol. The van der Waals surface area contributed by atoms with Crippen LogP contribution >= 0.6 is 12.2 Å². The molecule has 7 heteroatoms. The van der Waals surface area contributed by atoms with Crippen LogP contribution in [0.2, 0.25) is 0 Å². The van der Waals surface area contributed by atoms with Gasteiger partial charge in [-0.05, 0) is 55.0 Å². The van der Waals surface area contributed by atoms with E-state index in [9.17, 15) is 9.59 Å². The van der Waals surface area contributed by atoms with Gasteiger partial charge in [0.1, 0.15) is 5.75 Å². The van der Waals surface area contributed by atoms with Gasteiger partial charge in [-0.15, -0.1) is 6.58 Å². The summed E-state index contributed by atoms with van der Waals surface area (Å²) < 4.78 is 5.50. The molecule has 0 spiro atoms. The van der Waals surface area contributed by atoms with Crippen molar-refractivity contribution in [2.75, 3.05) is 18.5 Å². The molecule has 2 aromatic rings. The van der Waals surface area contributed by atoms with Crippen molar-refractivity contribution in [1.82, 2.24) is 10.6 Å². The maximum absolute atomic E-state index is 12.4. The molecule has 0 heterocycles. The highest BCUT2D eigenvalue weighted by atomic mass is 32.1. The summed E-state index contributed by atoms with van der Waals surface area (Å²) in [7, 11) is 0. The zero-order valence-electron chi connectivity index (χ0n) is 15.7. The molecule has 0 saturated heterocycles. The predicted octanol–water partition coefficient (Wildman–Crippen LogP) is 3.52. The van der Waals surface area contributed by atoms with Crippen LogP contribution in [-0.2, 0) is 0 Å². The number of rotatable bonds is 8. The largest absolute Gasteiger partial charge is 0.494 e. The Morgan fingerprint density at radius 3 is 2.50 bits per heavy atom. The normalized spacial score (nSPS) is 9.89. The molecule has 2 aromatic carbocycles. The summed E-state index contributed by atoms with van der Waals surface area (Å²) in [5, 5.41) is 8.31. The van der Waals surface area contributed by atoms with E-state index in [0.717, 1.165) is 6.42 Å². The summed E-state index contributed by atoms with van der Waals surface area (Å²) in [6.45, 7) is 6.57. The Morgan fingerprint density at radius 2 is 1.82 bits per heavy atom. The molecule has 146 valence electrons. The Balaban J connectivity index is 1.99. The van der Waals surface area contributed by atoms with Crippen molar-refractivity contribution in [3.8, 4) is 5.75 Å². The summed E-state index contributed by atoms with van der Waals surface area (Å²) in [4.78, 5) is 24.6. The molecule has 0 unspecified atom stereocenters. The lowest BCUT2D eigenvalue weighted by molar-refractivity contribution is 0.0956. The number of hydrogen-bond donors (Lipinski definition) is 3. The molecule has 2 amide bonds. The summed E-state index contributed by atoms with van der Waals surface area (Å²) in [5.41, 5.74) is 1.36. The van der Waals surface area contributed by atoms with Crippen LogP contribution in [0.5, 0.6) is 5.75 Å². The van der Waals surface area contributed by atoms with Gasteiger partial charge in [0.25, 0.3) is 11.8 Å². The molecule has 0 aromatic heterocycles. The average molecular weight is 398 g/mol. The van der Waals surface area contributed by atoms with Gasteiger partial charge in [-0.1, -0.05) is 25.1 Å². The van der Waals surface area contributed by atoms with E-state index < -0.39 is 0 Å². The van der Waals surface area contributed by atoms with E-state index in [-0.39, 0.29) is 16.9 Å². The standard InChI is InChI=1S/C21H23N3O3S/c1-3-13-22-20(26)17-7-5-6-8-18(17)23-21(28)24-19(25)15-9-11-16(12-10-15)27-14-4-2/h3,5-12H,1,4,13-14H2,2H3,(H,22,26)(H2,23,24,25,28). The van der Waals surface area contributed by atoms with E-state index in [2.05, 4.69) is 22.5 Å². The van der Waals surface area contributed by atoms with Gasteiger partial charge in [-0.3, -0.25) is 14.9 Å². The van der Waals surface area contributed by atoms with Gasteiger partial charge in [-0.2, -0.15) is 0 Å². The minimum atomic E-state index is -0.354. The Hall–Kier alpha value is -3.19. The third kappa shape index (κ3) is 6.21. The monoisotopic (exact) mass is 397 g/mol. The summed E-state index contributed by atoms with van der Waals surface area (Å²) in [6, 6.07) is 13.7. The molecule has 0 saturated carbocycles. The van der Waals surface area contributed by atoms with Crippen LogP contribution in [0, 0.1) is 0 Å². The number of nitrogens with one attached hydrogen (secondary N) is 3. The first-order chi connectivity index (χ1) is 13.5. The molecule has 0 fully saturated rings. The van der Waals surface area contributed by atoms with Gasteiger partial charge in [0, 0.05) is 12.1 Å². The van der Waals surface area contributed by atoms with Crippen LogP contribution in [0.1, 0.15) is 34.1 Å². The smallest absolute Gasteiger partial charge is 0.257 e. The van der Waals surface area contributed by atoms with Crippen LogP contribution in [-0.4, -0.2) is 30.1 Å². The highest BCUT2D eigenvalue weighted by molar-refractivity contribution is 7.80. The minimum Gasteiger partial charge on any atom is -0.494 e. The van der Waals surface area contributed by atoms with Crippen LogP contribution < -0.4 is 20.7 Å². The van der Waals surface area contributed by atoms with E-state index in [1.165, 1.54) is 0 Å². The number of carbonyl (C=O) groups is 2. The second kappa shape index (κ2) is 10.8. The SMILES string of the molecule is C=CCNC(=O)c1ccccc1NC(=S)NC(=O)c1ccc(OCCC)cc1. The van der Waals surface area contributed by atoms with Crippen molar-refractivity contribution in [2.24, 2.45) is 0 Å². The quantitative estimate of drug-likeness (QED) is 0.469. The second-order valence-electron chi connectivity index (χ2n) is 5.83.